The molecule has 0 bridgehead atoms. The normalized spacial score (nSPS) is 15.3. The number of nitrogens with two attached hydrogens (primary N) is 1. The molecule has 4 rings (SSSR count). The van der Waals surface area contributed by atoms with Crippen LogP contribution in [0.1, 0.15) is 34.9 Å². The van der Waals surface area contributed by atoms with Crippen molar-refractivity contribution in [3.05, 3.63) is 52.3 Å². The van der Waals surface area contributed by atoms with E-state index in [-0.39, 0.29) is 24.1 Å². The molecule has 2 amide bonds. The monoisotopic (exact) mass is 369 g/mol. The number of likely N-dealkylation sites (tertiary alicyclic amines) is 1. The van der Waals surface area contributed by atoms with Crippen molar-refractivity contribution in [3.8, 4) is 0 Å². The van der Waals surface area contributed by atoms with Gasteiger partial charge in [0.1, 0.15) is 12.2 Å². The Morgan fingerprint density at radius 1 is 1.26 bits per heavy atom. The Hall–Kier alpha value is -3.36. The fourth-order valence-electron chi connectivity index (χ4n) is 3.51. The number of hydrogen-bond acceptors (Lipinski definition) is 5. The number of para-hydroxylation sites is 2. The maximum atomic E-state index is 12.6. The highest BCUT2D eigenvalue weighted by atomic mass is 16.4. The van der Waals surface area contributed by atoms with Gasteiger partial charge in [-0.15, -0.1) is 0 Å². The minimum atomic E-state index is -0.567. The number of oxazole rings is 1. The van der Waals surface area contributed by atoms with Crippen LogP contribution in [-0.2, 0) is 11.3 Å². The number of amides is 2. The van der Waals surface area contributed by atoms with Gasteiger partial charge in [0.15, 0.2) is 5.58 Å². The summed E-state index contributed by atoms with van der Waals surface area (Å²) in [4.78, 5) is 37.6. The largest absolute Gasteiger partial charge is 0.420 e. The second-order valence-electron chi connectivity index (χ2n) is 6.65. The predicted octanol–water partition coefficient (Wildman–Crippen LogP) is 0.823. The number of nitrogens with one attached hydrogen (secondary N) is 1. The van der Waals surface area contributed by atoms with Crippen molar-refractivity contribution < 1.29 is 14.0 Å². The molecular weight excluding hydrogens is 350 g/mol. The molecule has 0 radical (unpaired) electrons. The molecule has 9 heteroatoms. The van der Waals surface area contributed by atoms with E-state index in [1.807, 2.05) is 0 Å². The first-order valence-corrected chi connectivity index (χ1v) is 8.74. The summed E-state index contributed by atoms with van der Waals surface area (Å²) in [5.41, 5.74) is 7.38. The molecule has 3 heterocycles. The highest BCUT2D eigenvalue weighted by Crippen LogP contribution is 2.27. The maximum absolute atomic E-state index is 12.6. The van der Waals surface area contributed by atoms with Crippen LogP contribution in [0.25, 0.3) is 11.1 Å². The lowest BCUT2D eigenvalue weighted by atomic mass is 9.93. The van der Waals surface area contributed by atoms with Crippen molar-refractivity contribution in [1.29, 1.82) is 0 Å². The first kappa shape index (κ1) is 17.1. The lowest BCUT2D eigenvalue weighted by Crippen LogP contribution is -2.40. The minimum Gasteiger partial charge on any atom is -0.408 e. The number of nitrogens with zero attached hydrogens (tertiary/aromatic N) is 3. The quantitative estimate of drug-likeness (QED) is 0.704. The van der Waals surface area contributed by atoms with Crippen molar-refractivity contribution in [2.45, 2.75) is 25.3 Å². The Balaban J connectivity index is 1.41. The molecule has 2 aromatic heterocycles. The molecule has 0 spiro atoms. The molecule has 0 atom stereocenters. The number of aromatic amines is 1. The number of piperidine rings is 1. The summed E-state index contributed by atoms with van der Waals surface area (Å²) in [5.74, 6) is -1.03. The molecule has 0 aliphatic carbocycles. The minimum absolute atomic E-state index is 0.0452. The third kappa shape index (κ3) is 3.23. The summed E-state index contributed by atoms with van der Waals surface area (Å²) < 4.78 is 6.53. The lowest BCUT2D eigenvalue weighted by Gasteiger charge is -2.31. The summed E-state index contributed by atoms with van der Waals surface area (Å²) in [5, 5.41) is 6.76. The third-order valence-electron chi connectivity index (χ3n) is 5.00. The van der Waals surface area contributed by atoms with Crippen molar-refractivity contribution in [2.75, 3.05) is 13.1 Å². The van der Waals surface area contributed by atoms with Crippen molar-refractivity contribution in [2.24, 2.45) is 5.73 Å². The van der Waals surface area contributed by atoms with E-state index in [2.05, 4.69) is 10.2 Å². The molecule has 140 valence electrons. The van der Waals surface area contributed by atoms with E-state index >= 15 is 0 Å². The van der Waals surface area contributed by atoms with Gasteiger partial charge in [-0.25, -0.2) is 4.79 Å². The van der Waals surface area contributed by atoms with Crippen molar-refractivity contribution >= 4 is 22.9 Å². The number of rotatable bonds is 4. The third-order valence-corrected chi connectivity index (χ3v) is 5.00. The fraction of sp³-hybridized carbons (Fsp3) is 0.333. The van der Waals surface area contributed by atoms with E-state index in [4.69, 9.17) is 10.2 Å². The molecule has 1 aliphatic heterocycles. The Morgan fingerprint density at radius 3 is 2.70 bits per heavy atom. The first-order valence-electron chi connectivity index (χ1n) is 8.74. The van der Waals surface area contributed by atoms with Gasteiger partial charge in [-0.05, 0) is 31.0 Å². The highest BCUT2D eigenvalue weighted by molar-refractivity contribution is 5.90. The number of carbonyl (C=O) groups is 2. The Labute approximate surface area is 153 Å². The first-order chi connectivity index (χ1) is 13.0. The van der Waals surface area contributed by atoms with E-state index in [0.29, 0.717) is 24.2 Å². The van der Waals surface area contributed by atoms with E-state index in [1.165, 1.54) is 4.57 Å². The van der Waals surface area contributed by atoms with Crippen LogP contribution in [0.4, 0.5) is 0 Å². The van der Waals surface area contributed by atoms with Crippen LogP contribution in [0.3, 0.4) is 0 Å². The maximum Gasteiger partial charge on any atom is 0.420 e. The SMILES string of the molecule is NC(=O)c1cc(C2CCN(C(=O)Cn3c(=O)oc4ccccc43)CC2)[nH]n1. The molecule has 1 aliphatic rings. The second-order valence-corrected chi connectivity index (χ2v) is 6.65. The number of hydrogen-bond donors (Lipinski definition) is 2. The molecule has 1 saturated heterocycles. The molecule has 0 unspecified atom stereocenters. The summed E-state index contributed by atoms with van der Waals surface area (Å²) in [6.07, 6.45) is 1.49. The smallest absolute Gasteiger partial charge is 0.408 e. The number of H-pyrrole nitrogens is 1. The van der Waals surface area contributed by atoms with Gasteiger partial charge in [-0.3, -0.25) is 19.3 Å². The average molecular weight is 369 g/mol. The van der Waals surface area contributed by atoms with Gasteiger partial charge in [-0.1, -0.05) is 12.1 Å². The van der Waals surface area contributed by atoms with Crippen LogP contribution >= 0.6 is 0 Å². The number of carbonyl (C=O) groups excluding carboxylic acids is 2. The molecule has 3 N–H and O–H groups in total. The zero-order chi connectivity index (χ0) is 19.0. The van der Waals surface area contributed by atoms with Gasteiger partial charge in [0, 0.05) is 24.7 Å². The van der Waals surface area contributed by atoms with Gasteiger partial charge >= 0.3 is 5.76 Å². The summed E-state index contributed by atoms with van der Waals surface area (Å²) in [7, 11) is 0. The Morgan fingerprint density at radius 2 is 2.00 bits per heavy atom. The van der Waals surface area contributed by atoms with Crippen molar-refractivity contribution in [3.63, 3.8) is 0 Å². The van der Waals surface area contributed by atoms with Crippen LogP contribution in [0.15, 0.2) is 39.5 Å². The Bertz CT molecular complexity index is 1060. The van der Waals surface area contributed by atoms with E-state index in [9.17, 15) is 14.4 Å². The lowest BCUT2D eigenvalue weighted by molar-refractivity contribution is -0.132. The van der Waals surface area contributed by atoms with Gasteiger partial charge in [0.2, 0.25) is 5.91 Å². The Kier molecular flexibility index (Phi) is 4.27. The van der Waals surface area contributed by atoms with E-state index < -0.39 is 11.7 Å². The van der Waals surface area contributed by atoms with Gasteiger partial charge in [0.25, 0.3) is 5.91 Å². The van der Waals surface area contributed by atoms with Gasteiger partial charge < -0.3 is 15.1 Å². The zero-order valence-corrected chi connectivity index (χ0v) is 14.6. The van der Waals surface area contributed by atoms with Crippen LogP contribution in [-0.4, -0.2) is 44.6 Å². The molecule has 1 fully saturated rings. The number of fused-ring (bicyclic) bond motifs is 1. The molecule has 1 aromatic carbocycles. The summed E-state index contributed by atoms with van der Waals surface area (Å²) in [6.45, 7) is 1.09. The van der Waals surface area contributed by atoms with Gasteiger partial charge in [0.05, 0.1) is 5.52 Å². The van der Waals surface area contributed by atoms with E-state index in [1.54, 1.807) is 35.2 Å². The molecular formula is C18H19N5O4. The zero-order valence-electron chi connectivity index (χ0n) is 14.6. The van der Waals surface area contributed by atoms with Crippen LogP contribution in [0.2, 0.25) is 0 Å². The molecule has 0 saturated carbocycles. The number of primary amides is 1. The van der Waals surface area contributed by atoms with Crippen molar-refractivity contribution in [1.82, 2.24) is 19.7 Å². The molecule has 3 aromatic rings. The number of benzene rings is 1. The van der Waals surface area contributed by atoms with Gasteiger partial charge in [-0.2, -0.15) is 5.10 Å². The van der Waals surface area contributed by atoms with Crippen LogP contribution < -0.4 is 11.5 Å². The topological polar surface area (TPSA) is 127 Å². The fourth-order valence-corrected chi connectivity index (χ4v) is 3.51. The van der Waals surface area contributed by atoms with Crippen LogP contribution in [0, 0.1) is 0 Å². The van der Waals surface area contributed by atoms with Crippen LogP contribution in [0.5, 0.6) is 0 Å². The number of aromatic nitrogens is 3. The summed E-state index contributed by atoms with van der Waals surface area (Å²) in [6, 6.07) is 8.71. The average Bonchev–Trinajstić information content (AvgIpc) is 3.28. The standard InChI is InChI=1S/C18H19N5O4/c19-17(25)13-9-12(20-21-13)11-5-7-22(8-6-11)16(24)10-23-14-3-1-2-4-15(14)27-18(23)26/h1-4,9,11H,5-8,10H2,(H2,19,25)(H,20,21). The molecule has 9 nitrogen and oxygen atoms in total. The summed E-state index contributed by atoms with van der Waals surface area (Å²) >= 11 is 0. The van der Waals surface area contributed by atoms with E-state index in [0.717, 1.165) is 18.5 Å². The predicted molar refractivity (Wildman–Crippen MR) is 96.1 cm³/mol. The highest BCUT2D eigenvalue weighted by Gasteiger charge is 2.26. The second kappa shape index (κ2) is 6.75. The molecule has 27 heavy (non-hydrogen) atoms.